The molecule has 2 aromatic heterocycles. The fourth-order valence-electron chi connectivity index (χ4n) is 3.83. The van der Waals surface area contributed by atoms with E-state index in [-0.39, 0.29) is 17.3 Å². The molecule has 0 radical (unpaired) electrons. The summed E-state index contributed by atoms with van der Waals surface area (Å²) in [5.74, 6) is -2.44. The molecule has 1 aliphatic carbocycles. The van der Waals surface area contributed by atoms with Gasteiger partial charge in [-0.05, 0) is 55.5 Å². The fourth-order valence-corrected chi connectivity index (χ4v) is 5.11. The van der Waals surface area contributed by atoms with Crippen LogP contribution in [0.25, 0.3) is 0 Å². The number of nitrogens with one attached hydrogen (secondary N) is 2. The van der Waals surface area contributed by atoms with Crippen LogP contribution in [-0.4, -0.2) is 30.9 Å². The van der Waals surface area contributed by atoms with Crippen LogP contribution in [-0.2, 0) is 12.8 Å². The molecule has 2 heterocycles. The Morgan fingerprint density at radius 2 is 1.78 bits per heavy atom. The number of pyridine rings is 1. The zero-order valence-corrected chi connectivity index (χ0v) is 18.5. The van der Waals surface area contributed by atoms with Crippen molar-refractivity contribution in [3.63, 3.8) is 0 Å². The number of hydrogen-bond donors (Lipinski definition) is 2. The van der Waals surface area contributed by atoms with Gasteiger partial charge in [0, 0.05) is 37.1 Å². The highest BCUT2D eigenvalue weighted by molar-refractivity contribution is 7.17. The number of amides is 2. The molecule has 0 bridgehead atoms. The summed E-state index contributed by atoms with van der Waals surface area (Å²) in [6.07, 6.45) is 6.48. The molecule has 32 heavy (non-hydrogen) atoms. The topological polar surface area (TPSA) is 74.3 Å². The highest BCUT2D eigenvalue weighted by Gasteiger charge is 2.27. The Balaban J connectivity index is 1.66. The van der Waals surface area contributed by atoms with E-state index in [4.69, 9.17) is 0 Å². The summed E-state index contributed by atoms with van der Waals surface area (Å²) in [6, 6.07) is 5.46. The van der Waals surface area contributed by atoms with E-state index in [0.29, 0.717) is 22.5 Å². The number of carbonyl (C=O) groups excluding carboxylic acids is 2. The molecule has 2 N–H and O–H groups in total. The lowest BCUT2D eigenvalue weighted by Crippen LogP contribution is -2.19. The average Bonchev–Trinajstić information content (AvgIpc) is 3.11. The van der Waals surface area contributed by atoms with Gasteiger partial charge < -0.3 is 15.5 Å². The van der Waals surface area contributed by atoms with E-state index in [0.717, 1.165) is 41.8 Å². The highest BCUT2D eigenvalue weighted by atomic mass is 32.1. The van der Waals surface area contributed by atoms with Gasteiger partial charge in [-0.15, -0.1) is 11.3 Å². The second-order valence-corrected chi connectivity index (χ2v) is 8.85. The van der Waals surface area contributed by atoms with E-state index in [9.17, 15) is 18.4 Å². The van der Waals surface area contributed by atoms with E-state index in [1.165, 1.54) is 36.5 Å². The maximum absolute atomic E-state index is 14.4. The molecule has 9 heteroatoms. The summed E-state index contributed by atoms with van der Waals surface area (Å²) in [4.78, 5) is 32.2. The first-order valence-electron chi connectivity index (χ1n) is 10.2. The van der Waals surface area contributed by atoms with Crippen molar-refractivity contribution in [3.05, 3.63) is 69.9 Å². The molecule has 1 aliphatic rings. The summed E-state index contributed by atoms with van der Waals surface area (Å²) in [5.41, 5.74) is 1.43. The Morgan fingerprint density at radius 1 is 1.06 bits per heavy atom. The second-order valence-electron chi connectivity index (χ2n) is 7.75. The number of aromatic nitrogens is 1. The number of benzene rings is 1. The van der Waals surface area contributed by atoms with Crippen molar-refractivity contribution in [2.75, 3.05) is 29.6 Å². The van der Waals surface area contributed by atoms with E-state index >= 15 is 0 Å². The lowest BCUT2D eigenvalue weighted by molar-refractivity contribution is 0.102. The quantitative estimate of drug-likeness (QED) is 0.574. The minimum absolute atomic E-state index is 0.0101. The zero-order valence-electron chi connectivity index (χ0n) is 17.7. The first kappa shape index (κ1) is 21.9. The van der Waals surface area contributed by atoms with Crippen molar-refractivity contribution in [2.45, 2.75) is 25.7 Å². The molecule has 166 valence electrons. The molecule has 0 fully saturated rings. The van der Waals surface area contributed by atoms with Gasteiger partial charge in [0.1, 0.15) is 10.7 Å². The number of rotatable bonds is 5. The number of hydrogen-bond acceptors (Lipinski definition) is 5. The van der Waals surface area contributed by atoms with Gasteiger partial charge in [0.05, 0.1) is 11.1 Å². The fraction of sp³-hybridized carbons (Fsp3) is 0.261. The van der Waals surface area contributed by atoms with Gasteiger partial charge in [0.25, 0.3) is 11.8 Å². The molecule has 0 unspecified atom stereocenters. The van der Waals surface area contributed by atoms with Crippen LogP contribution in [0.5, 0.6) is 0 Å². The van der Waals surface area contributed by atoms with Gasteiger partial charge >= 0.3 is 0 Å². The summed E-state index contributed by atoms with van der Waals surface area (Å²) in [7, 11) is 3.07. The van der Waals surface area contributed by atoms with Crippen molar-refractivity contribution in [3.8, 4) is 0 Å². The van der Waals surface area contributed by atoms with Crippen LogP contribution >= 0.6 is 11.3 Å². The summed E-state index contributed by atoms with van der Waals surface area (Å²) < 4.78 is 28.7. The zero-order chi connectivity index (χ0) is 22.8. The predicted octanol–water partition coefficient (Wildman–Crippen LogP) is 4.87. The van der Waals surface area contributed by atoms with Crippen molar-refractivity contribution in [2.24, 2.45) is 0 Å². The van der Waals surface area contributed by atoms with Crippen LogP contribution < -0.4 is 15.5 Å². The largest absolute Gasteiger partial charge is 0.373 e. The average molecular weight is 457 g/mol. The number of thiophene rings is 1. The lowest BCUT2D eigenvalue weighted by atomic mass is 9.95. The molecular weight excluding hydrogens is 434 g/mol. The minimum atomic E-state index is -0.775. The number of aryl methyl sites for hydroxylation is 1. The molecular formula is C23H22F2N4O2S. The standard InChI is InChI=1S/C23H22F2N4O2S/c1-29(2)20-16(24)10-14(11-17(20)25)27-22(31)19-15-7-3-4-8-18(15)32-23(19)28-21(30)13-6-5-9-26-12-13/h5-6,9-12H,3-4,7-8H2,1-2H3,(H,27,31)(H,28,30). The van der Waals surface area contributed by atoms with E-state index in [1.807, 2.05) is 0 Å². The summed E-state index contributed by atoms with van der Waals surface area (Å²) >= 11 is 1.37. The predicted molar refractivity (Wildman–Crippen MR) is 122 cm³/mol. The monoisotopic (exact) mass is 456 g/mol. The third-order valence-corrected chi connectivity index (χ3v) is 6.48. The number of fused-ring (bicyclic) bond motifs is 1. The van der Waals surface area contributed by atoms with E-state index < -0.39 is 17.5 Å². The molecule has 3 aromatic rings. The van der Waals surface area contributed by atoms with Gasteiger partial charge in [0.2, 0.25) is 0 Å². The molecule has 4 rings (SSSR count). The first-order chi connectivity index (χ1) is 15.3. The molecule has 0 saturated heterocycles. The van der Waals surface area contributed by atoms with Crippen molar-refractivity contribution in [1.82, 2.24) is 4.98 Å². The molecule has 0 saturated carbocycles. The van der Waals surface area contributed by atoms with E-state index in [1.54, 1.807) is 18.3 Å². The Bertz CT molecular complexity index is 1160. The molecule has 2 amide bonds. The SMILES string of the molecule is CN(C)c1c(F)cc(NC(=O)c2c(NC(=O)c3cccnc3)sc3c2CCCC3)cc1F. The Morgan fingerprint density at radius 3 is 2.44 bits per heavy atom. The van der Waals surface area contributed by atoms with E-state index in [2.05, 4.69) is 15.6 Å². The third-order valence-electron chi connectivity index (χ3n) is 5.27. The molecule has 0 spiro atoms. The van der Waals surface area contributed by atoms with Crippen LogP contribution in [0.4, 0.5) is 25.2 Å². The summed E-state index contributed by atoms with van der Waals surface area (Å²) in [6.45, 7) is 0. The second kappa shape index (κ2) is 9.04. The smallest absolute Gasteiger partial charge is 0.258 e. The highest BCUT2D eigenvalue weighted by Crippen LogP contribution is 2.39. The van der Waals surface area contributed by atoms with Crippen LogP contribution in [0.2, 0.25) is 0 Å². The maximum Gasteiger partial charge on any atom is 0.258 e. The molecule has 0 atom stereocenters. The van der Waals surface area contributed by atoms with Crippen molar-refractivity contribution < 1.29 is 18.4 Å². The van der Waals surface area contributed by atoms with Gasteiger partial charge in [0.15, 0.2) is 11.6 Å². The van der Waals surface area contributed by atoms with Crippen LogP contribution in [0.3, 0.4) is 0 Å². The lowest BCUT2D eigenvalue weighted by Gasteiger charge is -2.16. The van der Waals surface area contributed by atoms with Crippen LogP contribution in [0, 0.1) is 11.6 Å². The van der Waals surface area contributed by atoms with Gasteiger partial charge in [-0.3, -0.25) is 14.6 Å². The minimum Gasteiger partial charge on any atom is -0.373 e. The molecule has 1 aromatic carbocycles. The Labute approximate surface area is 188 Å². The van der Waals surface area contributed by atoms with Crippen molar-refractivity contribution in [1.29, 1.82) is 0 Å². The van der Waals surface area contributed by atoms with Crippen LogP contribution in [0.1, 0.15) is 44.0 Å². The summed E-state index contributed by atoms with van der Waals surface area (Å²) in [5, 5.41) is 5.85. The maximum atomic E-state index is 14.4. The number of anilines is 3. The number of halogens is 2. The Kier molecular flexibility index (Phi) is 6.18. The molecule has 0 aliphatic heterocycles. The normalized spacial score (nSPS) is 12.8. The van der Waals surface area contributed by atoms with Crippen LogP contribution in [0.15, 0.2) is 36.7 Å². The number of carbonyl (C=O) groups is 2. The van der Waals surface area contributed by atoms with Gasteiger partial charge in [-0.1, -0.05) is 0 Å². The van der Waals surface area contributed by atoms with Gasteiger partial charge in [-0.2, -0.15) is 0 Å². The number of nitrogens with zero attached hydrogens (tertiary/aromatic N) is 2. The third kappa shape index (κ3) is 4.34. The van der Waals surface area contributed by atoms with Crippen molar-refractivity contribution >= 4 is 39.5 Å². The first-order valence-corrected chi connectivity index (χ1v) is 11.0. The molecule has 6 nitrogen and oxygen atoms in total. The Hall–Kier alpha value is -3.33. The van der Waals surface area contributed by atoms with Gasteiger partial charge in [-0.25, -0.2) is 8.78 Å².